The van der Waals surface area contributed by atoms with Gasteiger partial charge in [0.25, 0.3) is 0 Å². The summed E-state index contributed by atoms with van der Waals surface area (Å²) in [7, 11) is 0. The molecular formula is C16H26N2O3. The molecule has 0 aliphatic rings. The smallest absolute Gasteiger partial charge is 0.319 e. The second kappa shape index (κ2) is 8.64. The summed E-state index contributed by atoms with van der Waals surface area (Å²) < 4.78 is 5.39. The zero-order valence-electron chi connectivity index (χ0n) is 13.1. The van der Waals surface area contributed by atoms with E-state index in [0.29, 0.717) is 13.2 Å². The van der Waals surface area contributed by atoms with E-state index in [0.717, 1.165) is 24.1 Å². The first kappa shape index (κ1) is 17.5. The molecule has 1 aromatic carbocycles. The van der Waals surface area contributed by atoms with Gasteiger partial charge in [-0.1, -0.05) is 31.5 Å². The van der Waals surface area contributed by atoms with Crippen LogP contribution in [0.25, 0.3) is 0 Å². The van der Waals surface area contributed by atoms with E-state index in [1.807, 2.05) is 45.0 Å². The number of para-hydroxylation sites is 1. The lowest BCUT2D eigenvalue weighted by atomic mass is 9.98. The molecule has 1 aromatic rings. The second-order valence-corrected chi connectivity index (χ2v) is 5.34. The molecule has 5 heteroatoms. The molecule has 5 nitrogen and oxygen atoms in total. The number of carbonyl (C=O) groups is 1. The van der Waals surface area contributed by atoms with Gasteiger partial charge in [-0.15, -0.1) is 0 Å². The summed E-state index contributed by atoms with van der Waals surface area (Å²) in [4.78, 5) is 12.1. The van der Waals surface area contributed by atoms with Crippen LogP contribution in [0.3, 0.4) is 0 Å². The standard InChI is InChI=1S/C16H26N2O3/c1-4-10-16(3,12-19)18-15(20)17-14-9-7-6-8-13(14)11-21-5-2/h6-9,19H,4-5,10-12H2,1-3H3,(H2,17,18,20). The summed E-state index contributed by atoms with van der Waals surface area (Å²) in [5.74, 6) is 0. The molecule has 3 N–H and O–H groups in total. The first-order valence-corrected chi connectivity index (χ1v) is 7.40. The maximum atomic E-state index is 12.1. The van der Waals surface area contributed by atoms with Gasteiger partial charge in [0.2, 0.25) is 0 Å². The van der Waals surface area contributed by atoms with Crippen molar-refractivity contribution in [1.82, 2.24) is 5.32 Å². The Balaban J connectivity index is 2.70. The lowest BCUT2D eigenvalue weighted by molar-refractivity contribution is 0.134. The van der Waals surface area contributed by atoms with Gasteiger partial charge in [0, 0.05) is 17.9 Å². The lowest BCUT2D eigenvalue weighted by Crippen LogP contribution is -2.50. The summed E-state index contributed by atoms with van der Waals surface area (Å²) in [6.45, 7) is 6.78. The number of rotatable bonds is 8. The third-order valence-electron chi connectivity index (χ3n) is 3.29. The molecule has 0 aliphatic heterocycles. The highest BCUT2D eigenvalue weighted by Crippen LogP contribution is 2.17. The van der Waals surface area contributed by atoms with Crippen molar-refractivity contribution in [2.45, 2.75) is 45.8 Å². The number of nitrogens with one attached hydrogen (secondary N) is 2. The van der Waals surface area contributed by atoms with Gasteiger partial charge in [0.1, 0.15) is 0 Å². The van der Waals surface area contributed by atoms with E-state index >= 15 is 0 Å². The lowest BCUT2D eigenvalue weighted by Gasteiger charge is -2.28. The number of benzene rings is 1. The monoisotopic (exact) mass is 294 g/mol. The molecular weight excluding hydrogens is 268 g/mol. The van der Waals surface area contributed by atoms with Crippen LogP contribution in [0.4, 0.5) is 10.5 Å². The molecule has 0 spiro atoms. The Hall–Kier alpha value is -1.59. The minimum absolute atomic E-state index is 0.0884. The minimum atomic E-state index is -0.603. The van der Waals surface area contributed by atoms with E-state index in [-0.39, 0.29) is 12.6 Å². The Labute approximate surface area is 126 Å². The van der Waals surface area contributed by atoms with Crippen LogP contribution in [0.1, 0.15) is 39.2 Å². The maximum absolute atomic E-state index is 12.1. The number of amides is 2. The van der Waals surface area contributed by atoms with Crippen molar-refractivity contribution in [1.29, 1.82) is 0 Å². The average molecular weight is 294 g/mol. The molecule has 0 saturated heterocycles. The van der Waals surface area contributed by atoms with Gasteiger partial charge in [-0.25, -0.2) is 4.79 Å². The maximum Gasteiger partial charge on any atom is 0.319 e. The normalized spacial score (nSPS) is 13.5. The highest BCUT2D eigenvalue weighted by atomic mass is 16.5. The highest BCUT2D eigenvalue weighted by molar-refractivity contribution is 5.90. The molecule has 0 aliphatic carbocycles. The first-order valence-electron chi connectivity index (χ1n) is 7.40. The minimum Gasteiger partial charge on any atom is -0.394 e. The molecule has 0 fully saturated rings. The topological polar surface area (TPSA) is 70.6 Å². The molecule has 2 amide bonds. The predicted octanol–water partition coefficient (Wildman–Crippen LogP) is 2.90. The zero-order chi connectivity index (χ0) is 15.7. The number of aliphatic hydroxyl groups is 1. The Kier molecular flexibility index (Phi) is 7.19. The van der Waals surface area contributed by atoms with Crippen LogP contribution in [0.2, 0.25) is 0 Å². The fourth-order valence-electron chi connectivity index (χ4n) is 2.14. The molecule has 0 radical (unpaired) electrons. The van der Waals surface area contributed by atoms with E-state index in [4.69, 9.17) is 4.74 Å². The van der Waals surface area contributed by atoms with Crippen LogP contribution in [0.15, 0.2) is 24.3 Å². The molecule has 1 unspecified atom stereocenters. The second-order valence-electron chi connectivity index (χ2n) is 5.34. The quantitative estimate of drug-likeness (QED) is 0.690. The average Bonchev–Trinajstić information content (AvgIpc) is 2.46. The van der Waals surface area contributed by atoms with E-state index in [2.05, 4.69) is 10.6 Å². The molecule has 0 bridgehead atoms. The molecule has 0 heterocycles. The van der Waals surface area contributed by atoms with Crippen LogP contribution in [-0.2, 0) is 11.3 Å². The number of hydrogen-bond donors (Lipinski definition) is 3. The third kappa shape index (κ3) is 5.73. The van der Waals surface area contributed by atoms with E-state index in [9.17, 15) is 9.90 Å². The fourth-order valence-corrected chi connectivity index (χ4v) is 2.14. The van der Waals surface area contributed by atoms with Gasteiger partial charge in [0.05, 0.1) is 18.8 Å². The Morgan fingerprint density at radius 3 is 2.67 bits per heavy atom. The van der Waals surface area contributed by atoms with Crippen molar-refractivity contribution < 1.29 is 14.6 Å². The SMILES string of the molecule is CCCC(C)(CO)NC(=O)Nc1ccccc1COCC. The predicted molar refractivity (Wildman–Crippen MR) is 84.3 cm³/mol. The molecule has 21 heavy (non-hydrogen) atoms. The van der Waals surface area contributed by atoms with Crippen LogP contribution in [-0.4, -0.2) is 29.9 Å². The number of urea groups is 1. The molecule has 118 valence electrons. The van der Waals surface area contributed by atoms with Crippen molar-refractivity contribution >= 4 is 11.7 Å². The van der Waals surface area contributed by atoms with Gasteiger partial charge in [0.15, 0.2) is 0 Å². The highest BCUT2D eigenvalue weighted by Gasteiger charge is 2.24. The van der Waals surface area contributed by atoms with Gasteiger partial charge in [-0.3, -0.25) is 0 Å². The fraction of sp³-hybridized carbons (Fsp3) is 0.562. The van der Waals surface area contributed by atoms with Gasteiger partial charge >= 0.3 is 6.03 Å². The Morgan fingerprint density at radius 2 is 2.05 bits per heavy atom. The molecule has 0 saturated carbocycles. The number of hydrogen-bond acceptors (Lipinski definition) is 3. The molecule has 0 aromatic heterocycles. The van der Waals surface area contributed by atoms with Crippen molar-refractivity contribution in [3.8, 4) is 0 Å². The van der Waals surface area contributed by atoms with Crippen molar-refractivity contribution in [2.75, 3.05) is 18.5 Å². The van der Waals surface area contributed by atoms with E-state index < -0.39 is 5.54 Å². The van der Waals surface area contributed by atoms with E-state index in [1.165, 1.54) is 0 Å². The Morgan fingerprint density at radius 1 is 1.33 bits per heavy atom. The molecule has 1 rings (SSSR count). The van der Waals surface area contributed by atoms with Crippen LogP contribution >= 0.6 is 0 Å². The van der Waals surface area contributed by atoms with Crippen molar-refractivity contribution in [2.24, 2.45) is 0 Å². The third-order valence-corrected chi connectivity index (χ3v) is 3.29. The van der Waals surface area contributed by atoms with Crippen LogP contribution in [0, 0.1) is 0 Å². The summed E-state index contributed by atoms with van der Waals surface area (Å²) in [6.07, 6.45) is 1.61. The Bertz CT molecular complexity index is 451. The number of carbonyl (C=O) groups excluding carboxylic acids is 1. The summed E-state index contributed by atoms with van der Waals surface area (Å²) in [5, 5.41) is 15.1. The first-order chi connectivity index (χ1) is 10.0. The number of aliphatic hydroxyl groups excluding tert-OH is 1. The van der Waals surface area contributed by atoms with E-state index in [1.54, 1.807) is 0 Å². The van der Waals surface area contributed by atoms with Crippen LogP contribution in [0.5, 0.6) is 0 Å². The van der Waals surface area contributed by atoms with Crippen molar-refractivity contribution in [3.05, 3.63) is 29.8 Å². The van der Waals surface area contributed by atoms with Gasteiger partial charge in [-0.2, -0.15) is 0 Å². The molecule has 1 atom stereocenters. The summed E-state index contributed by atoms with van der Waals surface area (Å²) >= 11 is 0. The zero-order valence-corrected chi connectivity index (χ0v) is 13.1. The summed E-state index contributed by atoms with van der Waals surface area (Å²) in [6, 6.07) is 7.21. The van der Waals surface area contributed by atoms with Crippen molar-refractivity contribution in [3.63, 3.8) is 0 Å². The number of anilines is 1. The van der Waals surface area contributed by atoms with Gasteiger partial charge < -0.3 is 20.5 Å². The summed E-state index contributed by atoms with van der Waals surface area (Å²) in [5.41, 5.74) is 1.05. The van der Waals surface area contributed by atoms with Gasteiger partial charge in [-0.05, 0) is 26.3 Å². The number of ether oxygens (including phenoxy) is 1. The van der Waals surface area contributed by atoms with Crippen LogP contribution < -0.4 is 10.6 Å². The largest absolute Gasteiger partial charge is 0.394 e.